The second-order valence-corrected chi connectivity index (χ2v) is 6.84. The van der Waals surface area contributed by atoms with Crippen molar-refractivity contribution >= 4 is 12.0 Å². The molecular formula is C19H28N2O4. The third-order valence-electron chi connectivity index (χ3n) is 4.73. The predicted molar refractivity (Wildman–Crippen MR) is 95.6 cm³/mol. The van der Waals surface area contributed by atoms with Gasteiger partial charge in [-0.15, -0.1) is 0 Å². The van der Waals surface area contributed by atoms with Gasteiger partial charge >= 0.3 is 12.0 Å². The van der Waals surface area contributed by atoms with Crippen molar-refractivity contribution in [1.82, 2.24) is 10.2 Å². The van der Waals surface area contributed by atoms with E-state index in [1.54, 1.807) is 4.90 Å². The number of ether oxygens (including phenoxy) is 1. The highest BCUT2D eigenvalue weighted by Gasteiger charge is 2.33. The molecule has 1 aliphatic rings. The number of carbonyl (C=O) groups excluding carboxylic acids is 1. The number of morpholine rings is 1. The minimum atomic E-state index is -0.850. The summed E-state index contributed by atoms with van der Waals surface area (Å²) in [5, 5.41) is 12.0. The number of rotatable bonds is 7. The Bertz CT molecular complexity index is 578. The Morgan fingerprint density at radius 2 is 2.08 bits per heavy atom. The fraction of sp³-hybridized carbons (Fsp3) is 0.579. The quantitative estimate of drug-likeness (QED) is 0.794. The van der Waals surface area contributed by atoms with E-state index in [2.05, 4.69) is 5.32 Å². The van der Waals surface area contributed by atoms with Crippen molar-refractivity contribution in [2.24, 2.45) is 0 Å². The number of amides is 2. The van der Waals surface area contributed by atoms with Crippen molar-refractivity contribution in [3.05, 3.63) is 35.9 Å². The molecular weight excluding hydrogens is 320 g/mol. The highest BCUT2D eigenvalue weighted by molar-refractivity contribution is 5.75. The number of carboxylic acids is 1. The molecule has 2 atom stereocenters. The van der Waals surface area contributed by atoms with E-state index in [9.17, 15) is 9.59 Å². The van der Waals surface area contributed by atoms with Crippen LogP contribution in [0.1, 0.15) is 38.7 Å². The summed E-state index contributed by atoms with van der Waals surface area (Å²) < 4.78 is 5.78. The van der Waals surface area contributed by atoms with Gasteiger partial charge in [-0.3, -0.25) is 4.79 Å². The second kappa shape index (κ2) is 8.85. The lowest BCUT2D eigenvalue weighted by Crippen LogP contribution is -2.56. The van der Waals surface area contributed by atoms with Crippen LogP contribution in [0.3, 0.4) is 0 Å². The van der Waals surface area contributed by atoms with Crippen LogP contribution in [0.2, 0.25) is 0 Å². The third kappa shape index (κ3) is 6.05. The summed E-state index contributed by atoms with van der Waals surface area (Å²) in [6, 6.07) is 9.45. The van der Waals surface area contributed by atoms with Crippen LogP contribution in [0.4, 0.5) is 4.79 Å². The average Bonchev–Trinajstić information content (AvgIpc) is 2.60. The Labute approximate surface area is 149 Å². The molecule has 2 unspecified atom stereocenters. The molecule has 0 radical (unpaired) electrons. The number of hydrogen-bond acceptors (Lipinski definition) is 3. The lowest BCUT2D eigenvalue weighted by molar-refractivity contribution is -0.137. The van der Waals surface area contributed by atoms with E-state index in [-0.39, 0.29) is 24.1 Å². The van der Waals surface area contributed by atoms with Crippen molar-refractivity contribution < 1.29 is 19.4 Å². The molecule has 1 aromatic carbocycles. The molecule has 2 amide bonds. The molecule has 0 spiro atoms. The summed E-state index contributed by atoms with van der Waals surface area (Å²) in [5.74, 6) is -0.850. The van der Waals surface area contributed by atoms with E-state index in [4.69, 9.17) is 9.84 Å². The molecule has 2 N–H and O–H groups in total. The second-order valence-electron chi connectivity index (χ2n) is 6.84. The zero-order chi connectivity index (χ0) is 18.3. The van der Waals surface area contributed by atoms with Crippen molar-refractivity contribution in [2.75, 3.05) is 19.7 Å². The van der Waals surface area contributed by atoms with Gasteiger partial charge in [0, 0.05) is 19.0 Å². The fourth-order valence-corrected chi connectivity index (χ4v) is 3.01. The van der Waals surface area contributed by atoms with Gasteiger partial charge in [-0.05, 0) is 31.7 Å². The highest BCUT2D eigenvalue weighted by Crippen LogP contribution is 2.21. The molecule has 1 aliphatic heterocycles. The minimum absolute atomic E-state index is 0.0353. The first-order valence-electron chi connectivity index (χ1n) is 8.87. The van der Waals surface area contributed by atoms with E-state index >= 15 is 0 Å². The van der Waals surface area contributed by atoms with Crippen LogP contribution >= 0.6 is 0 Å². The molecule has 0 aliphatic carbocycles. The van der Waals surface area contributed by atoms with Gasteiger partial charge in [0.1, 0.15) is 0 Å². The summed E-state index contributed by atoms with van der Waals surface area (Å²) in [5.41, 5.74) is 0.768. The van der Waals surface area contributed by atoms with E-state index in [1.165, 1.54) is 0 Å². The summed E-state index contributed by atoms with van der Waals surface area (Å²) in [6.07, 6.45) is 1.90. The van der Waals surface area contributed by atoms with Gasteiger partial charge < -0.3 is 20.1 Å². The zero-order valence-corrected chi connectivity index (χ0v) is 15.0. The number of aliphatic carboxylic acids is 1. The lowest BCUT2D eigenvalue weighted by Gasteiger charge is -2.40. The summed E-state index contributed by atoms with van der Waals surface area (Å²) >= 11 is 0. The largest absolute Gasteiger partial charge is 0.481 e. The highest BCUT2D eigenvalue weighted by atomic mass is 16.5. The predicted octanol–water partition coefficient (Wildman–Crippen LogP) is 2.67. The fourth-order valence-electron chi connectivity index (χ4n) is 3.01. The molecule has 0 bridgehead atoms. The van der Waals surface area contributed by atoms with Gasteiger partial charge in [0.15, 0.2) is 0 Å². The van der Waals surface area contributed by atoms with Crippen LogP contribution in [0.15, 0.2) is 30.3 Å². The number of nitrogens with zero attached hydrogens (tertiary/aromatic N) is 1. The molecule has 25 heavy (non-hydrogen) atoms. The van der Waals surface area contributed by atoms with Gasteiger partial charge in [-0.2, -0.15) is 0 Å². The number of urea groups is 1. The molecule has 1 heterocycles. The monoisotopic (exact) mass is 348 g/mol. The van der Waals surface area contributed by atoms with Gasteiger partial charge in [-0.1, -0.05) is 37.3 Å². The van der Waals surface area contributed by atoms with Crippen LogP contribution in [-0.4, -0.2) is 53.3 Å². The maximum absolute atomic E-state index is 12.7. The van der Waals surface area contributed by atoms with Crippen LogP contribution in [0.5, 0.6) is 0 Å². The first-order chi connectivity index (χ1) is 11.9. The normalized spacial score (nSPS) is 21.6. The van der Waals surface area contributed by atoms with Crippen LogP contribution in [-0.2, 0) is 16.0 Å². The first-order valence-corrected chi connectivity index (χ1v) is 8.87. The smallest absolute Gasteiger partial charge is 0.317 e. The van der Waals surface area contributed by atoms with Crippen LogP contribution in [0, 0.1) is 0 Å². The van der Waals surface area contributed by atoms with Gasteiger partial charge in [-0.25, -0.2) is 4.79 Å². The first kappa shape index (κ1) is 19.2. The Morgan fingerprint density at radius 3 is 2.72 bits per heavy atom. The van der Waals surface area contributed by atoms with E-state index in [1.807, 2.05) is 44.2 Å². The summed E-state index contributed by atoms with van der Waals surface area (Å²) in [6.45, 7) is 5.69. The minimum Gasteiger partial charge on any atom is -0.481 e. The Morgan fingerprint density at radius 1 is 1.36 bits per heavy atom. The Hall–Kier alpha value is -2.08. The molecule has 2 rings (SSSR count). The SMILES string of the molecule is CCC1(C)CN(C(=O)NC(CCC(=O)O)Cc2ccccc2)CCO1. The lowest BCUT2D eigenvalue weighted by atomic mass is 10.0. The van der Waals surface area contributed by atoms with E-state index in [0.29, 0.717) is 32.5 Å². The Balaban J connectivity index is 1.99. The molecule has 1 saturated heterocycles. The number of hydrogen-bond donors (Lipinski definition) is 2. The number of nitrogens with one attached hydrogen (secondary N) is 1. The Kier molecular flexibility index (Phi) is 6.82. The molecule has 0 aromatic heterocycles. The maximum atomic E-state index is 12.7. The molecule has 6 heteroatoms. The molecule has 0 saturated carbocycles. The van der Waals surface area contributed by atoms with Crippen LogP contribution < -0.4 is 5.32 Å². The average molecular weight is 348 g/mol. The number of benzene rings is 1. The molecule has 138 valence electrons. The molecule has 6 nitrogen and oxygen atoms in total. The van der Waals surface area contributed by atoms with Crippen molar-refractivity contribution in [3.8, 4) is 0 Å². The summed E-state index contributed by atoms with van der Waals surface area (Å²) in [4.78, 5) is 25.4. The van der Waals surface area contributed by atoms with Gasteiger partial charge in [0.2, 0.25) is 0 Å². The topological polar surface area (TPSA) is 78.9 Å². The molecule has 1 aromatic rings. The van der Waals surface area contributed by atoms with Crippen LogP contribution in [0.25, 0.3) is 0 Å². The number of carboxylic acid groups (broad SMARTS) is 1. The van der Waals surface area contributed by atoms with Crippen molar-refractivity contribution in [1.29, 1.82) is 0 Å². The number of carbonyl (C=O) groups is 2. The van der Waals surface area contributed by atoms with E-state index in [0.717, 1.165) is 12.0 Å². The van der Waals surface area contributed by atoms with Crippen molar-refractivity contribution in [2.45, 2.75) is 51.2 Å². The summed E-state index contributed by atoms with van der Waals surface area (Å²) in [7, 11) is 0. The standard InChI is InChI=1S/C19H28N2O4/c1-3-19(2)14-21(11-12-25-19)18(24)20-16(9-10-17(22)23)13-15-7-5-4-6-8-15/h4-8,16H,3,9-14H2,1-2H3,(H,20,24)(H,22,23). The maximum Gasteiger partial charge on any atom is 0.317 e. The van der Waals surface area contributed by atoms with Gasteiger partial charge in [0.05, 0.1) is 18.8 Å². The van der Waals surface area contributed by atoms with Crippen molar-refractivity contribution in [3.63, 3.8) is 0 Å². The molecule has 1 fully saturated rings. The zero-order valence-electron chi connectivity index (χ0n) is 15.0. The van der Waals surface area contributed by atoms with Gasteiger partial charge in [0.25, 0.3) is 0 Å². The third-order valence-corrected chi connectivity index (χ3v) is 4.73. The van der Waals surface area contributed by atoms with E-state index < -0.39 is 5.97 Å².